The Balaban J connectivity index is 1.95. The molecule has 1 saturated heterocycles. The van der Waals surface area contributed by atoms with Gasteiger partial charge < -0.3 is 28.7 Å². The van der Waals surface area contributed by atoms with Crippen molar-refractivity contribution < 1.29 is 37.7 Å². The van der Waals surface area contributed by atoms with Crippen molar-refractivity contribution in [2.24, 2.45) is 0 Å². The third kappa shape index (κ3) is 6.00. The average molecular weight is 489 g/mol. The van der Waals surface area contributed by atoms with Crippen molar-refractivity contribution in [1.29, 1.82) is 0 Å². The predicted molar refractivity (Wildman–Crippen MR) is 125 cm³/mol. The summed E-state index contributed by atoms with van der Waals surface area (Å²) in [5.74, 6) is -2.23. The zero-order chi connectivity index (χ0) is 25.8. The number of carbonyl (C=O) groups excluding carboxylic acids is 3. The Bertz CT molecular complexity index is 1090. The molecule has 0 bridgehead atoms. The highest BCUT2D eigenvalue weighted by Gasteiger charge is 2.34. The molecule has 1 unspecified atom stereocenters. The largest absolute Gasteiger partial charge is 0.486 e. The monoisotopic (exact) mass is 488 g/mol. The van der Waals surface area contributed by atoms with Crippen LogP contribution in [-0.2, 0) is 23.8 Å². The van der Waals surface area contributed by atoms with E-state index >= 15 is 4.39 Å². The van der Waals surface area contributed by atoms with E-state index in [1.54, 1.807) is 26.8 Å². The van der Waals surface area contributed by atoms with Crippen LogP contribution in [-0.4, -0.2) is 61.9 Å². The zero-order valence-corrected chi connectivity index (χ0v) is 20.4. The molecule has 1 atom stereocenters. The van der Waals surface area contributed by atoms with Crippen LogP contribution in [0.15, 0.2) is 53.9 Å². The van der Waals surface area contributed by atoms with Crippen molar-refractivity contribution in [3.63, 3.8) is 0 Å². The van der Waals surface area contributed by atoms with Gasteiger partial charge in [0.25, 0.3) is 0 Å². The van der Waals surface area contributed by atoms with Crippen LogP contribution in [0, 0.1) is 5.82 Å². The molecule has 9 nitrogen and oxygen atoms in total. The number of carbonyl (C=O) groups is 3. The summed E-state index contributed by atoms with van der Waals surface area (Å²) < 4.78 is 36.4. The van der Waals surface area contributed by atoms with Crippen LogP contribution in [0.5, 0.6) is 5.75 Å². The van der Waals surface area contributed by atoms with Gasteiger partial charge in [-0.25, -0.2) is 18.8 Å². The fraction of sp³-hybridized carbons (Fsp3) is 0.400. The summed E-state index contributed by atoms with van der Waals surface area (Å²) in [5, 5.41) is 0. The molecule has 35 heavy (non-hydrogen) atoms. The molecule has 0 radical (unpaired) electrons. The number of ether oxygens (including phenoxy) is 4. The number of likely N-dealkylation sites (tertiary alicyclic amines) is 1. The second-order valence-corrected chi connectivity index (χ2v) is 8.86. The number of para-hydroxylation sites is 1. The van der Waals surface area contributed by atoms with Crippen molar-refractivity contribution in [3.8, 4) is 5.75 Å². The first kappa shape index (κ1) is 25.8. The van der Waals surface area contributed by atoms with Gasteiger partial charge in [-0.3, -0.25) is 0 Å². The Morgan fingerprint density at radius 3 is 2.43 bits per heavy atom. The summed E-state index contributed by atoms with van der Waals surface area (Å²) in [5.41, 5.74) is -1.08. The third-order valence-electron chi connectivity index (χ3n) is 5.17. The lowest BCUT2D eigenvalue weighted by Crippen LogP contribution is -2.36. The molecule has 1 aromatic rings. The van der Waals surface area contributed by atoms with E-state index < -0.39 is 35.6 Å². The van der Waals surface area contributed by atoms with Crippen LogP contribution in [0.4, 0.5) is 14.9 Å². The van der Waals surface area contributed by atoms with E-state index in [1.165, 1.54) is 53.5 Å². The minimum absolute atomic E-state index is 0.0926. The minimum Gasteiger partial charge on any atom is -0.486 e. The van der Waals surface area contributed by atoms with Crippen LogP contribution in [0.2, 0.25) is 0 Å². The quantitative estimate of drug-likeness (QED) is 0.458. The van der Waals surface area contributed by atoms with Gasteiger partial charge in [0.1, 0.15) is 28.8 Å². The Morgan fingerprint density at radius 2 is 1.77 bits per heavy atom. The van der Waals surface area contributed by atoms with Crippen molar-refractivity contribution in [1.82, 2.24) is 4.90 Å². The highest BCUT2D eigenvalue weighted by Crippen LogP contribution is 2.37. The molecule has 0 N–H and O–H groups in total. The van der Waals surface area contributed by atoms with Gasteiger partial charge in [0.15, 0.2) is 5.82 Å². The van der Waals surface area contributed by atoms with E-state index in [-0.39, 0.29) is 29.3 Å². The second kappa shape index (κ2) is 10.6. The number of rotatable bonds is 5. The number of nitrogens with zero attached hydrogens (tertiary/aromatic N) is 2. The first-order valence-electron chi connectivity index (χ1n) is 11.0. The van der Waals surface area contributed by atoms with Crippen LogP contribution in [0.25, 0.3) is 0 Å². The minimum atomic E-state index is -0.868. The van der Waals surface area contributed by atoms with Gasteiger partial charge in [0.2, 0.25) is 0 Å². The van der Waals surface area contributed by atoms with Gasteiger partial charge in [0, 0.05) is 19.2 Å². The lowest BCUT2D eigenvalue weighted by Gasteiger charge is -2.27. The molecular formula is C25H29FN2O7. The highest BCUT2D eigenvalue weighted by atomic mass is 19.1. The lowest BCUT2D eigenvalue weighted by atomic mass is 10.1. The van der Waals surface area contributed by atoms with Crippen molar-refractivity contribution in [2.45, 2.75) is 38.9 Å². The fourth-order valence-electron chi connectivity index (χ4n) is 3.66. The number of allylic oxidation sites excluding steroid dienone is 2. The number of methoxy groups -OCH3 is 2. The summed E-state index contributed by atoms with van der Waals surface area (Å²) in [4.78, 5) is 40.3. The molecule has 0 saturated carbocycles. The molecule has 1 aromatic carbocycles. The van der Waals surface area contributed by atoms with Crippen LogP contribution in [0.1, 0.15) is 27.2 Å². The number of hydrogen-bond donors (Lipinski definition) is 0. The number of hydrogen-bond acceptors (Lipinski definition) is 8. The maximum atomic E-state index is 15.2. The van der Waals surface area contributed by atoms with Crippen molar-refractivity contribution >= 4 is 23.7 Å². The summed E-state index contributed by atoms with van der Waals surface area (Å²) in [7, 11) is 2.33. The van der Waals surface area contributed by atoms with Gasteiger partial charge >= 0.3 is 18.0 Å². The molecule has 0 spiro atoms. The topological polar surface area (TPSA) is 94.6 Å². The van der Waals surface area contributed by atoms with E-state index in [0.29, 0.717) is 13.0 Å². The van der Waals surface area contributed by atoms with Crippen LogP contribution >= 0.6 is 0 Å². The summed E-state index contributed by atoms with van der Waals surface area (Å²) >= 11 is 0. The lowest BCUT2D eigenvalue weighted by molar-refractivity contribution is -0.139. The maximum Gasteiger partial charge on any atom is 0.410 e. The second-order valence-electron chi connectivity index (χ2n) is 8.86. The van der Waals surface area contributed by atoms with Crippen molar-refractivity contribution in [3.05, 3.63) is 59.7 Å². The van der Waals surface area contributed by atoms with E-state index in [1.807, 2.05) is 0 Å². The molecule has 0 aliphatic carbocycles. The number of benzene rings is 1. The average Bonchev–Trinajstić information content (AvgIpc) is 3.16. The molecular weight excluding hydrogens is 459 g/mol. The van der Waals surface area contributed by atoms with Gasteiger partial charge in [-0.15, -0.1) is 0 Å². The third-order valence-corrected chi connectivity index (χ3v) is 5.17. The van der Waals surface area contributed by atoms with Crippen molar-refractivity contribution in [2.75, 3.05) is 32.2 Å². The summed E-state index contributed by atoms with van der Waals surface area (Å²) in [6, 6.07) is 4.23. The summed E-state index contributed by atoms with van der Waals surface area (Å²) in [6.45, 7) is 6.01. The maximum absolute atomic E-state index is 15.2. The van der Waals surface area contributed by atoms with E-state index in [9.17, 15) is 14.4 Å². The highest BCUT2D eigenvalue weighted by molar-refractivity contribution is 6.05. The predicted octanol–water partition coefficient (Wildman–Crippen LogP) is 3.70. The number of halogens is 1. The zero-order valence-electron chi connectivity index (χ0n) is 20.4. The summed E-state index contributed by atoms with van der Waals surface area (Å²) in [6.07, 6.45) is 5.46. The Hall–Kier alpha value is -3.82. The Labute approximate surface area is 203 Å². The molecule has 188 valence electrons. The molecule has 10 heteroatoms. The van der Waals surface area contributed by atoms with Crippen LogP contribution in [0.3, 0.4) is 0 Å². The fourth-order valence-corrected chi connectivity index (χ4v) is 3.66. The van der Waals surface area contributed by atoms with Gasteiger partial charge in [-0.05, 0) is 45.1 Å². The smallest absolute Gasteiger partial charge is 0.410 e. The first-order chi connectivity index (χ1) is 16.6. The van der Waals surface area contributed by atoms with E-state index in [2.05, 4.69) is 0 Å². The molecule has 1 fully saturated rings. The first-order valence-corrected chi connectivity index (χ1v) is 11.0. The molecule has 0 aromatic heterocycles. The molecule has 1 amide bonds. The van der Waals surface area contributed by atoms with Gasteiger partial charge in [0.05, 0.1) is 26.3 Å². The molecule has 2 aliphatic heterocycles. The number of amides is 1. The molecule has 2 aliphatic rings. The Morgan fingerprint density at radius 1 is 1.06 bits per heavy atom. The molecule has 3 rings (SSSR count). The van der Waals surface area contributed by atoms with E-state index in [0.717, 1.165) is 7.11 Å². The molecule has 2 heterocycles. The number of anilines is 1. The normalized spacial score (nSPS) is 17.8. The van der Waals surface area contributed by atoms with E-state index in [4.69, 9.17) is 18.9 Å². The standard InChI is InChI=1S/C25H29FN2O7/c1-25(2,3)35-24(31)27-14-12-16(15-27)34-19-11-8-10-18(26)21(19)28-13-7-6-9-17(22(29)32-4)20(28)23(30)33-5/h6-11,13,16H,12,14-15H2,1-5H3. The van der Waals surface area contributed by atoms with Gasteiger partial charge in [-0.2, -0.15) is 0 Å². The van der Waals surface area contributed by atoms with Crippen LogP contribution < -0.4 is 9.64 Å². The SMILES string of the molecule is COC(=O)C1=C(C(=O)OC)N(c2c(F)cccc2OC2CCN(C(=O)OC(C)(C)C)C2)C=CC=C1. The number of esters is 2. The van der Waals surface area contributed by atoms with Gasteiger partial charge in [-0.1, -0.05) is 12.1 Å². The Kier molecular flexibility index (Phi) is 7.83.